The molecule has 7 heteroatoms. The molecule has 0 spiro atoms. The molecule has 2 atom stereocenters. The molecule has 3 N–H and O–H groups in total. The molecule has 1 fully saturated rings. The minimum Gasteiger partial charge on any atom is -0.465 e. The van der Waals surface area contributed by atoms with E-state index in [-0.39, 0.29) is 19.6 Å². The van der Waals surface area contributed by atoms with Crippen molar-refractivity contribution < 1.29 is 29.3 Å². The third-order valence-corrected chi connectivity index (χ3v) is 2.58. The van der Waals surface area contributed by atoms with Crippen molar-refractivity contribution in [3.63, 3.8) is 0 Å². The van der Waals surface area contributed by atoms with Crippen LogP contribution in [0.4, 0.5) is 4.79 Å². The molecule has 0 saturated carbocycles. The average Bonchev–Trinajstić information content (AvgIpc) is 2.18. The molecule has 0 aromatic heterocycles. The first-order valence-electron chi connectivity index (χ1n) is 5.68. The van der Waals surface area contributed by atoms with Gasteiger partial charge in [-0.1, -0.05) is 0 Å². The van der Waals surface area contributed by atoms with Gasteiger partial charge in [0.1, 0.15) is 11.7 Å². The number of hydrogen-bond donors (Lipinski definition) is 3. The Labute approximate surface area is 105 Å². The van der Waals surface area contributed by atoms with Crippen LogP contribution in [0.3, 0.4) is 0 Å². The van der Waals surface area contributed by atoms with Gasteiger partial charge in [0.2, 0.25) is 0 Å². The molecule has 1 rings (SSSR count). The summed E-state index contributed by atoms with van der Waals surface area (Å²) in [7, 11) is 0. The van der Waals surface area contributed by atoms with Crippen molar-refractivity contribution in [2.75, 3.05) is 13.2 Å². The second kappa shape index (κ2) is 5.11. The Hall–Kier alpha value is -1.34. The molecular formula is C11H19NO6. The van der Waals surface area contributed by atoms with E-state index in [1.807, 2.05) is 0 Å². The van der Waals surface area contributed by atoms with E-state index in [1.54, 1.807) is 20.8 Å². The molecule has 0 aromatic carbocycles. The standard InChI is InChI=1S/C11H19NO6/c1-10(2,3)18-8(14)11(12-9(15)16)4-5-17-6-7(11)13/h7,12-13H,4-6H2,1-3H3,(H,15,16)/t7-,11-/m0/s1. The first-order chi connectivity index (χ1) is 8.17. The van der Waals surface area contributed by atoms with Gasteiger partial charge in [-0.05, 0) is 20.8 Å². The number of hydrogen-bond acceptors (Lipinski definition) is 5. The van der Waals surface area contributed by atoms with Gasteiger partial charge < -0.3 is 25.0 Å². The van der Waals surface area contributed by atoms with Crippen LogP contribution in [0.15, 0.2) is 0 Å². The van der Waals surface area contributed by atoms with Crippen LogP contribution >= 0.6 is 0 Å². The van der Waals surface area contributed by atoms with E-state index in [2.05, 4.69) is 5.32 Å². The molecule has 0 bridgehead atoms. The summed E-state index contributed by atoms with van der Waals surface area (Å²) in [4.78, 5) is 22.9. The van der Waals surface area contributed by atoms with Gasteiger partial charge in [-0.3, -0.25) is 0 Å². The summed E-state index contributed by atoms with van der Waals surface area (Å²) in [5.41, 5.74) is -2.42. The number of amides is 1. The van der Waals surface area contributed by atoms with Gasteiger partial charge in [-0.2, -0.15) is 0 Å². The van der Waals surface area contributed by atoms with Crippen molar-refractivity contribution in [2.45, 2.75) is 44.4 Å². The molecule has 0 radical (unpaired) electrons. The maximum atomic E-state index is 12.1. The fourth-order valence-corrected chi connectivity index (χ4v) is 1.73. The summed E-state index contributed by atoms with van der Waals surface area (Å²) in [5.74, 6) is -0.784. The summed E-state index contributed by atoms with van der Waals surface area (Å²) in [5, 5.41) is 20.8. The lowest BCUT2D eigenvalue weighted by molar-refractivity contribution is -0.176. The van der Waals surface area contributed by atoms with Crippen LogP contribution in [0.25, 0.3) is 0 Å². The summed E-state index contributed by atoms with van der Waals surface area (Å²) in [6, 6.07) is 0. The van der Waals surface area contributed by atoms with E-state index in [1.165, 1.54) is 0 Å². The van der Waals surface area contributed by atoms with Gasteiger partial charge in [0.05, 0.1) is 6.61 Å². The van der Waals surface area contributed by atoms with Crippen LogP contribution in [-0.4, -0.2) is 52.7 Å². The summed E-state index contributed by atoms with van der Waals surface area (Å²) >= 11 is 0. The van der Waals surface area contributed by atoms with Crippen molar-refractivity contribution >= 4 is 12.1 Å². The number of carbonyl (C=O) groups excluding carboxylic acids is 1. The zero-order valence-corrected chi connectivity index (χ0v) is 10.7. The van der Waals surface area contributed by atoms with Gasteiger partial charge in [0.25, 0.3) is 0 Å². The number of nitrogens with one attached hydrogen (secondary N) is 1. The fourth-order valence-electron chi connectivity index (χ4n) is 1.73. The summed E-state index contributed by atoms with van der Waals surface area (Å²) in [6.45, 7) is 5.08. The second-order valence-electron chi connectivity index (χ2n) is 5.24. The summed E-state index contributed by atoms with van der Waals surface area (Å²) in [6.07, 6.45) is -2.62. The quantitative estimate of drug-likeness (QED) is 0.610. The highest BCUT2D eigenvalue weighted by molar-refractivity contribution is 5.86. The first kappa shape index (κ1) is 14.7. The maximum absolute atomic E-state index is 12.1. The molecule has 0 aliphatic carbocycles. The molecule has 1 aliphatic heterocycles. The van der Waals surface area contributed by atoms with Gasteiger partial charge in [0, 0.05) is 13.0 Å². The van der Waals surface area contributed by atoms with Gasteiger partial charge in [0.15, 0.2) is 5.54 Å². The van der Waals surface area contributed by atoms with E-state index >= 15 is 0 Å². The zero-order chi connectivity index (χ0) is 14.0. The predicted molar refractivity (Wildman–Crippen MR) is 61.2 cm³/mol. The number of carbonyl (C=O) groups is 2. The Morgan fingerprint density at radius 2 is 2.06 bits per heavy atom. The predicted octanol–water partition coefficient (Wildman–Crippen LogP) is 0.116. The van der Waals surface area contributed by atoms with E-state index in [0.717, 1.165) is 0 Å². The Morgan fingerprint density at radius 3 is 2.50 bits per heavy atom. The van der Waals surface area contributed by atoms with E-state index in [9.17, 15) is 14.7 Å². The molecule has 0 aromatic rings. The topological polar surface area (TPSA) is 105 Å². The van der Waals surface area contributed by atoms with Crippen LogP contribution in [0.1, 0.15) is 27.2 Å². The molecule has 1 aliphatic rings. The van der Waals surface area contributed by atoms with Crippen molar-refractivity contribution in [3.8, 4) is 0 Å². The largest absolute Gasteiger partial charge is 0.465 e. The highest BCUT2D eigenvalue weighted by Gasteiger charge is 2.51. The average molecular weight is 261 g/mol. The number of aliphatic hydroxyl groups excluding tert-OH is 1. The molecule has 7 nitrogen and oxygen atoms in total. The monoisotopic (exact) mass is 261 g/mol. The Balaban J connectivity index is 2.96. The van der Waals surface area contributed by atoms with E-state index in [4.69, 9.17) is 14.6 Å². The van der Waals surface area contributed by atoms with Gasteiger partial charge >= 0.3 is 12.1 Å². The molecule has 1 saturated heterocycles. The van der Waals surface area contributed by atoms with E-state index in [0.29, 0.717) is 0 Å². The third-order valence-electron chi connectivity index (χ3n) is 2.58. The molecule has 1 amide bonds. The van der Waals surface area contributed by atoms with Gasteiger partial charge in [-0.15, -0.1) is 0 Å². The minimum absolute atomic E-state index is 0.0371. The molecule has 1 heterocycles. The zero-order valence-electron chi connectivity index (χ0n) is 10.7. The lowest BCUT2D eigenvalue weighted by Gasteiger charge is -2.40. The number of aliphatic hydroxyl groups is 1. The number of ether oxygens (including phenoxy) is 2. The molecule has 18 heavy (non-hydrogen) atoms. The van der Waals surface area contributed by atoms with E-state index < -0.39 is 29.3 Å². The lowest BCUT2D eigenvalue weighted by Crippen LogP contribution is -2.66. The summed E-state index contributed by atoms with van der Waals surface area (Å²) < 4.78 is 10.2. The smallest absolute Gasteiger partial charge is 0.405 e. The van der Waals surface area contributed by atoms with Crippen LogP contribution in [0.5, 0.6) is 0 Å². The number of carboxylic acid groups (broad SMARTS) is 1. The molecule has 104 valence electrons. The van der Waals surface area contributed by atoms with Crippen LogP contribution in [0, 0.1) is 0 Å². The van der Waals surface area contributed by atoms with Crippen molar-refractivity contribution in [2.24, 2.45) is 0 Å². The first-order valence-corrected chi connectivity index (χ1v) is 5.68. The van der Waals surface area contributed by atoms with Crippen molar-refractivity contribution in [3.05, 3.63) is 0 Å². The Morgan fingerprint density at radius 1 is 1.44 bits per heavy atom. The van der Waals surface area contributed by atoms with Crippen molar-refractivity contribution in [1.29, 1.82) is 0 Å². The SMILES string of the molecule is CC(C)(C)OC(=O)[C@]1(NC(=O)O)CCOC[C@@H]1O. The number of esters is 1. The number of rotatable bonds is 2. The van der Waals surface area contributed by atoms with Crippen LogP contribution in [-0.2, 0) is 14.3 Å². The maximum Gasteiger partial charge on any atom is 0.405 e. The molecule has 0 unspecified atom stereocenters. The highest BCUT2D eigenvalue weighted by atomic mass is 16.6. The normalized spacial score (nSPS) is 28.6. The van der Waals surface area contributed by atoms with Crippen LogP contribution in [0.2, 0.25) is 0 Å². The van der Waals surface area contributed by atoms with Gasteiger partial charge in [-0.25, -0.2) is 9.59 Å². The second-order valence-corrected chi connectivity index (χ2v) is 5.24. The highest BCUT2D eigenvalue weighted by Crippen LogP contribution is 2.25. The molecular weight excluding hydrogens is 242 g/mol. The third kappa shape index (κ3) is 3.33. The Kier molecular flexibility index (Phi) is 4.18. The van der Waals surface area contributed by atoms with Crippen molar-refractivity contribution in [1.82, 2.24) is 5.32 Å². The fraction of sp³-hybridized carbons (Fsp3) is 0.818. The van der Waals surface area contributed by atoms with Crippen LogP contribution < -0.4 is 5.32 Å². The Bertz CT molecular complexity index is 337. The lowest BCUT2D eigenvalue weighted by atomic mass is 9.87. The minimum atomic E-state index is -1.66.